The number of pyridine rings is 2. The summed E-state index contributed by atoms with van der Waals surface area (Å²) in [5, 5.41) is 6.96. The van der Waals surface area contributed by atoms with Crippen LogP contribution in [0.2, 0.25) is 0 Å². The van der Waals surface area contributed by atoms with Crippen LogP contribution in [0.5, 0.6) is 0 Å². The Morgan fingerprint density at radius 2 is 2.23 bits per heavy atom. The van der Waals surface area contributed by atoms with Crippen molar-refractivity contribution in [3.8, 4) is 0 Å². The third kappa shape index (κ3) is 3.43. The highest BCUT2D eigenvalue weighted by Crippen LogP contribution is 2.34. The van der Waals surface area contributed by atoms with E-state index in [1.165, 1.54) is 5.56 Å². The van der Waals surface area contributed by atoms with Crippen molar-refractivity contribution in [3.05, 3.63) is 54.1 Å². The summed E-state index contributed by atoms with van der Waals surface area (Å²) in [5.74, 6) is -0.219. The van der Waals surface area contributed by atoms with Crippen LogP contribution in [0.25, 0.3) is 0 Å². The molecule has 1 saturated heterocycles. The van der Waals surface area contributed by atoms with Gasteiger partial charge >= 0.3 is 0 Å². The number of amides is 1. The summed E-state index contributed by atoms with van der Waals surface area (Å²) in [6.07, 6.45) is 6.75. The molecule has 4 heterocycles. The van der Waals surface area contributed by atoms with Crippen LogP contribution in [0.4, 0.5) is 5.69 Å². The molecule has 0 unspecified atom stereocenters. The molecule has 1 fully saturated rings. The van der Waals surface area contributed by atoms with Crippen LogP contribution in [-0.2, 0) is 16.2 Å². The minimum atomic E-state index is -0.390. The summed E-state index contributed by atoms with van der Waals surface area (Å²) in [6, 6.07) is 7.64. The van der Waals surface area contributed by atoms with Crippen LogP contribution in [0.3, 0.4) is 0 Å². The van der Waals surface area contributed by atoms with Crippen molar-refractivity contribution < 1.29 is 9.63 Å². The van der Waals surface area contributed by atoms with E-state index in [0.29, 0.717) is 17.8 Å². The zero-order valence-corrected chi connectivity index (χ0v) is 14.7. The van der Waals surface area contributed by atoms with Gasteiger partial charge in [0.25, 0.3) is 5.91 Å². The summed E-state index contributed by atoms with van der Waals surface area (Å²) in [7, 11) is 0. The Kier molecular flexibility index (Phi) is 4.38. The molecule has 7 nitrogen and oxygen atoms in total. The number of nitrogens with one attached hydrogen (secondary N) is 1. The van der Waals surface area contributed by atoms with Gasteiger partial charge in [-0.1, -0.05) is 11.2 Å². The fraction of sp³-hybridized carbons (Fsp3) is 0.368. The number of rotatable bonds is 4. The summed E-state index contributed by atoms with van der Waals surface area (Å²) in [5.41, 5.74) is 2.70. The summed E-state index contributed by atoms with van der Waals surface area (Å²) < 4.78 is 0. The van der Waals surface area contributed by atoms with Gasteiger partial charge in [0.05, 0.1) is 11.4 Å². The highest BCUT2D eigenvalue weighted by atomic mass is 16.7. The van der Waals surface area contributed by atoms with Crippen molar-refractivity contribution in [1.82, 2.24) is 14.9 Å². The molecule has 2 aromatic heterocycles. The van der Waals surface area contributed by atoms with Crippen LogP contribution < -0.4 is 5.32 Å². The standard InChI is InChI=1S/C19H21N5O2/c1-14-16(5-3-8-21-14)22-18(25)17-10-19(26-23-17)6-9-24(13-19)12-15-4-2-7-20-11-15/h2-5,7-8,11H,6,9-10,12-13H2,1H3,(H,22,25)/t19-/m1/s1. The van der Waals surface area contributed by atoms with Gasteiger partial charge in [0, 0.05) is 51.1 Å². The first-order valence-electron chi connectivity index (χ1n) is 8.73. The van der Waals surface area contributed by atoms with E-state index >= 15 is 0 Å². The number of hydrogen-bond donors (Lipinski definition) is 1. The van der Waals surface area contributed by atoms with Crippen molar-refractivity contribution in [2.45, 2.75) is 31.9 Å². The molecular formula is C19H21N5O2. The van der Waals surface area contributed by atoms with E-state index < -0.39 is 5.60 Å². The average molecular weight is 351 g/mol. The Hall–Kier alpha value is -2.80. The second kappa shape index (κ2) is 6.84. The fourth-order valence-corrected chi connectivity index (χ4v) is 3.49. The largest absolute Gasteiger partial charge is 0.387 e. The molecule has 1 amide bonds. The van der Waals surface area contributed by atoms with E-state index in [4.69, 9.17) is 4.84 Å². The van der Waals surface area contributed by atoms with Gasteiger partial charge in [-0.3, -0.25) is 19.7 Å². The molecule has 26 heavy (non-hydrogen) atoms. The minimum absolute atomic E-state index is 0.219. The SMILES string of the molecule is Cc1ncccc1NC(=O)C1=NO[C@]2(CCN(Cc3cccnc3)C2)C1. The van der Waals surface area contributed by atoms with Gasteiger partial charge in [-0.05, 0) is 30.7 Å². The van der Waals surface area contributed by atoms with Crippen LogP contribution in [0.15, 0.2) is 48.0 Å². The highest BCUT2D eigenvalue weighted by molar-refractivity contribution is 6.43. The van der Waals surface area contributed by atoms with E-state index in [1.807, 2.05) is 25.3 Å². The average Bonchev–Trinajstić information content (AvgIpc) is 3.25. The Bertz CT molecular complexity index is 839. The maximum atomic E-state index is 12.5. The summed E-state index contributed by atoms with van der Waals surface area (Å²) >= 11 is 0. The molecule has 0 aromatic carbocycles. The van der Waals surface area contributed by atoms with E-state index in [2.05, 4.69) is 31.4 Å². The molecule has 1 N–H and O–H groups in total. The van der Waals surface area contributed by atoms with Gasteiger partial charge in [-0.2, -0.15) is 0 Å². The molecular weight excluding hydrogens is 330 g/mol. The Morgan fingerprint density at radius 1 is 1.35 bits per heavy atom. The summed E-state index contributed by atoms with van der Waals surface area (Å²) in [6.45, 7) is 4.36. The molecule has 134 valence electrons. The first-order valence-corrected chi connectivity index (χ1v) is 8.73. The van der Waals surface area contributed by atoms with Crippen molar-refractivity contribution in [2.75, 3.05) is 18.4 Å². The lowest BCUT2D eigenvalue weighted by Crippen LogP contribution is -2.35. The van der Waals surface area contributed by atoms with Crippen LogP contribution >= 0.6 is 0 Å². The second-order valence-corrected chi connectivity index (χ2v) is 6.90. The number of oxime groups is 1. The van der Waals surface area contributed by atoms with Gasteiger partial charge in [-0.25, -0.2) is 0 Å². The number of carbonyl (C=O) groups is 1. The smallest absolute Gasteiger partial charge is 0.273 e. The van der Waals surface area contributed by atoms with Gasteiger partial charge in [-0.15, -0.1) is 0 Å². The quantitative estimate of drug-likeness (QED) is 0.913. The Labute approximate surface area is 152 Å². The number of carbonyl (C=O) groups excluding carboxylic acids is 1. The number of hydrogen-bond acceptors (Lipinski definition) is 6. The highest BCUT2D eigenvalue weighted by Gasteiger charge is 2.46. The molecule has 0 aliphatic carbocycles. The van der Waals surface area contributed by atoms with Gasteiger partial charge in [0.1, 0.15) is 5.71 Å². The van der Waals surface area contributed by atoms with E-state index in [9.17, 15) is 4.79 Å². The Morgan fingerprint density at radius 3 is 3.04 bits per heavy atom. The predicted molar refractivity (Wildman–Crippen MR) is 97.6 cm³/mol. The third-order valence-corrected chi connectivity index (χ3v) is 4.88. The number of aromatic nitrogens is 2. The van der Waals surface area contributed by atoms with Crippen molar-refractivity contribution in [3.63, 3.8) is 0 Å². The van der Waals surface area contributed by atoms with Gasteiger partial charge < -0.3 is 10.2 Å². The van der Waals surface area contributed by atoms with E-state index in [1.54, 1.807) is 18.5 Å². The molecule has 4 rings (SSSR count). The maximum Gasteiger partial charge on any atom is 0.273 e. The second-order valence-electron chi connectivity index (χ2n) is 6.90. The van der Waals surface area contributed by atoms with Crippen molar-refractivity contribution in [2.24, 2.45) is 5.16 Å². The van der Waals surface area contributed by atoms with Crippen molar-refractivity contribution in [1.29, 1.82) is 0 Å². The lowest BCUT2D eigenvalue weighted by molar-refractivity contribution is -0.110. The molecule has 2 aliphatic heterocycles. The van der Waals surface area contributed by atoms with Crippen LogP contribution in [-0.4, -0.2) is 45.2 Å². The number of anilines is 1. The lowest BCUT2D eigenvalue weighted by atomic mass is 9.96. The van der Waals surface area contributed by atoms with Crippen molar-refractivity contribution >= 4 is 17.3 Å². The number of nitrogens with zero attached hydrogens (tertiary/aromatic N) is 4. The topological polar surface area (TPSA) is 79.7 Å². The Balaban J connectivity index is 1.36. The first-order chi connectivity index (χ1) is 12.6. The van der Waals surface area contributed by atoms with E-state index in [0.717, 1.165) is 31.7 Å². The van der Waals surface area contributed by atoms with Gasteiger partial charge in [0.15, 0.2) is 5.60 Å². The predicted octanol–water partition coefficient (Wildman–Crippen LogP) is 2.14. The van der Waals surface area contributed by atoms with E-state index in [-0.39, 0.29) is 5.91 Å². The number of likely N-dealkylation sites (tertiary alicyclic amines) is 1. The van der Waals surface area contributed by atoms with Crippen LogP contribution in [0, 0.1) is 6.92 Å². The van der Waals surface area contributed by atoms with Crippen LogP contribution in [0.1, 0.15) is 24.1 Å². The molecule has 2 aromatic rings. The molecule has 0 bridgehead atoms. The third-order valence-electron chi connectivity index (χ3n) is 4.88. The molecule has 1 spiro atoms. The molecule has 7 heteroatoms. The fourth-order valence-electron chi connectivity index (χ4n) is 3.49. The number of aryl methyl sites for hydroxylation is 1. The first kappa shape index (κ1) is 16.7. The minimum Gasteiger partial charge on any atom is -0.387 e. The zero-order chi connectivity index (χ0) is 18.0. The zero-order valence-electron chi connectivity index (χ0n) is 14.7. The molecule has 0 radical (unpaired) electrons. The lowest BCUT2D eigenvalue weighted by Gasteiger charge is -2.21. The monoisotopic (exact) mass is 351 g/mol. The molecule has 0 saturated carbocycles. The molecule has 2 aliphatic rings. The summed E-state index contributed by atoms with van der Waals surface area (Å²) in [4.78, 5) is 28.9. The van der Waals surface area contributed by atoms with Gasteiger partial charge in [0.2, 0.25) is 0 Å². The molecule has 1 atom stereocenters. The maximum absolute atomic E-state index is 12.5. The normalized spacial score (nSPS) is 22.3.